The van der Waals surface area contributed by atoms with E-state index in [4.69, 9.17) is 14.9 Å². The Morgan fingerprint density at radius 2 is 2.00 bits per heavy atom. The molecule has 2 amide bonds. The van der Waals surface area contributed by atoms with Gasteiger partial charge in [0, 0.05) is 42.9 Å². The van der Waals surface area contributed by atoms with Crippen molar-refractivity contribution >= 4 is 22.8 Å². The van der Waals surface area contributed by atoms with Gasteiger partial charge in [0.05, 0.1) is 5.56 Å². The Kier molecular flexibility index (Phi) is 6.27. The highest BCUT2D eigenvalue weighted by atomic mass is 16.5. The number of aromatic amines is 1. The van der Waals surface area contributed by atoms with E-state index in [1.165, 1.54) is 18.7 Å². The molecule has 3 heterocycles. The van der Waals surface area contributed by atoms with Gasteiger partial charge in [0.1, 0.15) is 17.1 Å². The second kappa shape index (κ2) is 9.27. The van der Waals surface area contributed by atoms with Crippen LogP contribution in [0.4, 0.5) is 0 Å². The highest BCUT2D eigenvalue weighted by molar-refractivity contribution is 6.12. The van der Waals surface area contributed by atoms with Gasteiger partial charge in [-0.25, -0.2) is 0 Å². The molecule has 9 nitrogen and oxygen atoms in total. The molecule has 0 aliphatic carbocycles. The van der Waals surface area contributed by atoms with Crippen LogP contribution in [0.1, 0.15) is 35.2 Å². The first kappa shape index (κ1) is 21.6. The first-order valence-electron chi connectivity index (χ1n) is 10.6. The molecule has 1 aliphatic rings. The molecule has 3 aromatic rings. The van der Waals surface area contributed by atoms with E-state index in [0.717, 1.165) is 31.5 Å². The zero-order valence-electron chi connectivity index (χ0n) is 17.9. The number of hydrogen-bond acceptors (Lipinski definition) is 6. The van der Waals surface area contributed by atoms with Crippen molar-refractivity contribution in [2.45, 2.75) is 25.8 Å². The van der Waals surface area contributed by atoms with Crippen LogP contribution in [0.25, 0.3) is 22.3 Å². The molecule has 1 saturated heterocycles. The Morgan fingerprint density at radius 3 is 2.66 bits per heavy atom. The quantitative estimate of drug-likeness (QED) is 0.517. The molecule has 1 aromatic carbocycles. The lowest BCUT2D eigenvalue weighted by Crippen LogP contribution is -2.29. The summed E-state index contributed by atoms with van der Waals surface area (Å²) in [5, 5.41) is 3.37. The van der Waals surface area contributed by atoms with Crippen LogP contribution in [0.2, 0.25) is 0 Å². The highest BCUT2D eigenvalue weighted by Crippen LogP contribution is 2.38. The van der Waals surface area contributed by atoms with Crippen LogP contribution in [-0.2, 0) is 11.3 Å². The molecule has 0 spiro atoms. The number of hydrogen-bond donors (Lipinski definition) is 3. The molecular formula is C23H26N4O5. The number of amides is 2. The number of aromatic nitrogens is 1. The van der Waals surface area contributed by atoms with Gasteiger partial charge < -0.3 is 25.2 Å². The smallest absolute Gasteiger partial charge is 0.255 e. The van der Waals surface area contributed by atoms with Crippen molar-refractivity contribution in [1.29, 1.82) is 0 Å². The van der Waals surface area contributed by atoms with E-state index in [1.807, 2.05) is 6.07 Å². The van der Waals surface area contributed by atoms with Crippen molar-refractivity contribution in [2.24, 2.45) is 5.73 Å². The standard InChI is InChI=1S/C23H26N4O5/c1-25-23(30)21-20-15(12-27-7-3-2-4-8-27)9-16(31-13-18(24)28)10-17(20)32-22(21)14-5-6-19(29)26-11-14/h5-6,9-11H,2-4,7-8,12-13H2,1H3,(H2,24,28)(H,25,30)(H,26,29). The average molecular weight is 438 g/mol. The number of carbonyl (C=O) groups is 2. The maximum atomic E-state index is 12.9. The van der Waals surface area contributed by atoms with Crippen LogP contribution in [0.15, 0.2) is 39.7 Å². The summed E-state index contributed by atoms with van der Waals surface area (Å²) >= 11 is 0. The maximum absolute atomic E-state index is 12.9. The molecule has 4 N–H and O–H groups in total. The molecule has 168 valence electrons. The number of nitrogens with two attached hydrogens (primary N) is 1. The molecule has 0 bridgehead atoms. The number of piperidine rings is 1. The van der Waals surface area contributed by atoms with E-state index in [0.29, 0.717) is 40.2 Å². The van der Waals surface area contributed by atoms with Crippen molar-refractivity contribution in [3.8, 4) is 17.1 Å². The van der Waals surface area contributed by atoms with Crippen LogP contribution < -0.4 is 21.3 Å². The molecule has 32 heavy (non-hydrogen) atoms. The Balaban J connectivity index is 1.89. The van der Waals surface area contributed by atoms with E-state index in [1.54, 1.807) is 19.2 Å². The number of primary amides is 1. The van der Waals surface area contributed by atoms with Gasteiger partial charge in [-0.1, -0.05) is 6.42 Å². The fourth-order valence-corrected chi connectivity index (χ4v) is 4.10. The molecule has 2 aromatic heterocycles. The average Bonchev–Trinajstić information content (AvgIpc) is 3.18. The minimum atomic E-state index is -0.581. The van der Waals surface area contributed by atoms with E-state index < -0.39 is 5.91 Å². The number of ether oxygens (including phenoxy) is 1. The number of furan rings is 1. The van der Waals surface area contributed by atoms with E-state index in [-0.39, 0.29) is 18.1 Å². The van der Waals surface area contributed by atoms with Crippen LogP contribution in [0.5, 0.6) is 5.75 Å². The number of likely N-dealkylation sites (tertiary alicyclic amines) is 1. The molecule has 0 saturated carbocycles. The molecule has 9 heteroatoms. The number of rotatable bonds is 7. The van der Waals surface area contributed by atoms with Crippen molar-refractivity contribution in [3.05, 3.63) is 51.9 Å². The van der Waals surface area contributed by atoms with Gasteiger partial charge >= 0.3 is 0 Å². The van der Waals surface area contributed by atoms with E-state index >= 15 is 0 Å². The van der Waals surface area contributed by atoms with E-state index in [9.17, 15) is 14.4 Å². The van der Waals surface area contributed by atoms with Gasteiger partial charge in [-0.05, 0) is 43.6 Å². The second-order valence-electron chi connectivity index (χ2n) is 7.87. The van der Waals surface area contributed by atoms with Gasteiger partial charge in [0.25, 0.3) is 11.8 Å². The fourth-order valence-electron chi connectivity index (χ4n) is 4.10. The minimum absolute atomic E-state index is 0.251. The minimum Gasteiger partial charge on any atom is -0.484 e. The molecule has 0 atom stereocenters. The summed E-state index contributed by atoms with van der Waals surface area (Å²) in [6.45, 7) is 2.28. The second-order valence-corrected chi connectivity index (χ2v) is 7.87. The summed E-state index contributed by atoms with van der Waals surface area (Å²) in [4.78, 5) is 40.6. The SMILES string of the molecule is CNC(=O)c1c(-c2ccc(=O)[nH]c2)oc2cc(OCC(N)=O)cc(CN3CCCCC3)c12. The lowest BCUT2D eigenvalue weighted by atomic mass is 10.00. The molecule has 4 rings (SSSR count). The largest absolute Gasteiger partial charge is 0.484 e. The Labute approximate surface area is 184 Å². The highest BCUT2D eigenvalue weighted by Gasteiger charge is 2.26. The normalized spacial score (nSPS) is 14.4. The third-order valence-electron chi connectivity index (χ3n) is 5.57. The lowest BCUT2D eigenvalue weighted by Gasteiger charge is -2.27. The monoisotopic (exact) mass is 438 g/mol. The topological polar surface area (TPSA) is 131 Å². The molecule has 1 aliphatic heterocycles. The maximum Gasteiger partial charge on any atom is 0.255 e. The van der Waals surface area contributed by atoms with Crippen LogP contribution in [0.3, 0.4) is 0 Å². The van der Waals surface area contributed by atoms with Crippen LogP contribution >= 0.6 is 0 Å². The summed E-state index contributed by atoms with van der Waals surface area (Å²) in [6.07, 6.45) is 4.97. The summed E-state index contributed by atoms with van der Waals surface area (Å²) in [5.41, 5.74) is 7.27. The third kappa shape index (κ3) is 4.52. The number of nitrogens with zero attached hydrogens (tertiary/aromatic N) is 1. The zero-order valence-corrected chi connectivity index (χ0v) is 17.9. The zero-order chi connectivity index (χ0) is 22.7. The fraction of sp³-hybridized carbons (Fsp3) is 0.348. The summed E-state index contributed by atoms with van der Waals surface area (Å²) in [6, 6.07) is 6.47. The predicted octanol–water partition coefficient (Wildman–Crippen LogP) is 2.00. The van der Waals surface area contributed by atoms with Gasteiger partial charge in [-0.2, -0.15) is 0 Å². The molecule has 1 fully saturated rings. The Bertz CT molecular complexity index is 1190. The van der Waals surface area contributed by atoms with Crippen LogP contribution in [0, 0.1) is 0 Å². The number of carbonyl (C=O) groups excluding carboxylic acids is 2. The van der Waals surface area contributed by atoms with Crippen molar-refractivity contribution in [3.63, 3.8) is 0 Å². The third-order valence-corrected chi connectivity index (χ3v) is 5.57. The molecular weight excluding hydrogens is 412 g/mol. The number of benzene rings is 1. The number of fused-ring (bicyclic) bond motifs is 1. The van der Waals surface area contributed by atoms with Crippen molar-refractivity contribution in [1.82, 2.24) is 15.2 Å². The number of nitrogens with one attached hydrogen (secondary N) is 2. The predicted molar refractivity (Wildman–Crippen MR) is 119 cm³/mol. The van der Waals surface area contributed by atoms with Gasteiger partial charge in [0.2, 0.25) is 5.56 Å². The van der Waals surface area contributed by atoms with Crippen LogP contribution in [-0.4, -0.2) is 48.4 Å². The molecule has 0 unspecified atom stereocenters. The number of H-pyrrole nitrogens is 1. The van der Waals surface area contributed by atoms with Gasteiger partial charge in [-0.15, -0.1) is 0 Å². The lowest BCUT2D eigenvalue weighted by molar-refractivity contribution is -0.119. The van der Waals surface area contributed by atoms with Gasteiger partial charge in [0.15, 0.2) is 6.61 Å². The van der Waals surface area contributed by atoms with Gasteiger partial charge in [-0.3, -0.25) is 19.3 Å². The van der Waals surface area contributed by atoms with Crippen molar-refractivity contribution in [2.75, 3.05) is 26.7 Å². The summed E-state index contributed by atoms with van der Waals surface area (Å²) in [5.74, 6) is -0.0890. The van der Waals surface area contributed by atoms with Crippen molar-refractivity contribution < 1.29 is 18.7 Å². The Morgan fingerprint density at radius 1 is 1.22 bits per heavy atom. The molecule has 0 radical (unpaired) electrons. The first-order valence-corrected chi connectivity index (χ1v) is 10.6. The summed E-state index contributed by atoms with van der Waals surface area (Å²) in [7, 11) is 1.56. The summed E-state index contributed by atoms with van der Waals surface area (Å²) < 4.78 is 11.7. The Hall–Kier alpha value is -3.59. The first-order chi connectivity index (χ1) is 15.5. The van der Waals surface area contributed by atoms with E-state index in [2.05, 4.69) is 15.2 Å². The number of pyridine rings is 1.